The molecule has 0 aliphatic carbocycles. The fourth-order valence-electron chi connectivity index (χ4n) is 1.47. The van der Waals surface area contributed by atoms with Crippen molar-refractivity contribution < 1.29 is 14.0 Å². The first kappa shape index (κ1) is 16.3. The van der Waals surface area contributed by atoms with Gasteiger partial charge in [0.2, 0.25) is 0 Å². The van der Waals surface area contributed by atoms with Gasteiger partial charge in [-0.25, -0.2) is 5.43 Å². The molecule has 1 aromatic heterocycles. The Bertz CT molecular complexity index is 698. The number of furan rings is 1. The van der Waals surface area contributed by atoms with Crippen LogP contribution in [-0.2, 0) is 4.79 Å². The molecule has 2 N–H and O–H groups in total. The first-order valence-electron chi connectivity index (χ1n) is 6.15. The second-order valence-electron chi connectivity index (χ2n) is 4.12. The van der Waals surface area contributed by atoms with Gasteiger partial charge in [-0.05, 0) is 52.3 Å². The predicted octanol–water partition coefficient (Wildman–Crippen LogP) is 2.58. The summed E-state index contributed by atoms with van der Waals surface area (Å²) in [6.45, 7) is -0.194. The average Bonchev–Trinajstić information content (AvgIpc) is 2.91. The highest BCUT2D eigenvalue weighted by Crippen LogP contribution is 2.12. The Morgan fingerprint density at radius 1 is 1.23 bits per heavy atom. The van der Waals surface area contributed by atoms with Crippen LogP contribution in [0.4, 0.5) is 0 Å². The molecule has 22 heavy (non-hydrogen) atoms. The highest BCUT2D eigenvalue weighted by atomic mass is 79.9. The smallest absolute Gasteiger partial charge is 0.259 e. The standard InChI is InChI=1S/C14H11BrClN3O3/c15-12-6-5-11(22-12)7-18-19-13(20)8-17-14(21)9-1-3-10(16)4-2-9/h1-7H,8H2,(H,17,21)(H,19,20)/b18-7+. The summed E-state index contributed by atoms with van der Waals surface area (Å²) in [5.74, 6) is -0.340. The van der Waals surface area contributed by atoms with Crippen molar-refractivity contribution in [2.75, 3.05) is 6.54 Å². The molecule has 0 atom stereocenters. The minimum Gasteiger partial charge on any atom is -0.448 e. The Morgan fingerprint density at radius 2 is 1.95 bits per heavy atom. The van der Waals surface area contributed by atoms with Crippen LogP contribution in [0.25, 0.3) is 0 Å². The van der Waals surface area contributed by atoms with Crippen LogP contribution in [0.5, 0.6) is 0 Å². The summed E-state index contributed by atoms with van der Waals surface area (Å²) in [4.78, 5) is 23.3. The fourth-order valence-corrected chi connectivity index (χ4v) is 1.91. The minimum atomic E-state index is -0.454. The van der Waals surface area contributed by atoms with Crippen molar-refractivity contribution in [3.8, 4) is 0 Å². The molecule has 2 amide bonds. The number of benzene rings is 1. The van der Waals surface area contributed by atoms with Gasteiger partial charge in [-0.1, -0.05) is 11.6 Å². The Labute approximate surface area is 139 Å². The third-order valence-corrected chi connectivity index (χ3v) is 3.17. The van der Waals surface area contributed by atoms with Gasteiger partial charge in [-0.15, -0.1) is 0 Å². The Balaban J connectivity index is 1.76. The maximum Gasteiger partial charge on any atom is 0.259 e. The van der Waals surface area contributed by atoms with Crippen molar-refractivity contribution in [1.29, 1.82) is 0 Å². The number of halogens is 2. The Hall–Kier alpha value is -2.12. The number of nitrogens with one attached hydrogen (secondary N) is 2. The molecule has 0 unspecified atom stereocenters. The third-order valence-electron chi connectivity index (χ3n) is 2.49. The van der Waals surface area contributed by atoms with E-state index in [0.29, 0.717) is 21.0 Å². The molecule has 1 aromatic carbocycles. The second kappa shape index (κ2) is 7.77. The summed E-state index contributed by atoms with van der Waals surface area (Å²) in [6.07, 6.45) is 1.35. The summed E-state index contributed by atoms with van der Waals surface area (Å²) >= 11 is 8.88. The van der Waals surface area contributed by atoms with Crippen LogP contribution in [0.15, 0.2) is 50.6 Å². The quantitative estimate of drug-likeness (QED) is 0.614. The molecular formula is C14H11BrClN3O3. The third kappa shape index (κ3) is 5.01. The highest BCUT2D eigenvalue weighted by Gasteiger charge is 2.07. The van der Waals surface area contributed by atoms with Crippen molar-refractivity contribution in [2.24, 2.45) is 5.10 Å². The van der Waals surface area contributed by atoms with E-state index in [1.807, 2.05) is 0 Å². The van der Waals surface area contributed by atoms with Gasteiger partial charge in [0.1, 0.15) is 5.76 Å². The van der Waals surface area contributed by atoms with Crippen LogP contribution in [0.3, 0.4) is 0 Å². The van der Waals surface area contributed by atoms with Gasteiger partial charge in [0.15, 0.2) is 4.67 Å². The number of hydrazone groups is 1. The van der Waals surface area contributed by atoms with E-state index in [1.165, 1.54) is 6.21 Å². The number of hydrogen-bond donors (Lipinski definition) is 2. The zero-order valence-electron chi connectivity index (χ0n) is 11.2. The van der Waals surface area contributed by atoms with Crippen LogP contribution in [0.2, 0.25) is 5.02 Å². The van der Waals surface area contributed by atoms with E-state index in [0.717, 1.165) is 0 Å². The van der Waals surface area contributed by atoms with Gasteiger partial charge in [0, 0.05) is 10.6 Å². The first-order chi connectivity index (χ1) is 10.5. The van der Waals surface area contributed by atoms with Crippen molar-refractivity contribution in [1.82, 2.24) is 10.7 Å². The topological polar surface area (TPSA) is 83.7 Å². The first-order valence-corrected chi connectivity index (χ1v) is 7.33. The molecule has 0 saturated carbocycles. The summed E-state index contributed by atoms with van der Waals surface area (Å²) in [5.41, 5.74) is 2.69. The second-order valence-corrected chi connectivity index (χ2v) is 5.34. The van der Waals surface area contributed by atoms with Crippen LogP contribution >= 0.6 is 27.5 Å². The monoisotopic (exact) mass is 383 g/mol. The lowest BCUT2D eigenvalue weighted by atomic mass is 10.2. The number of amides is 2. The Kier molecular flexibility index (Phi) is 5.74. The maximum absolute atomic E-state index is 11.8. The van der Waals surface area contributed by atoms with Crippen molar-refractivity contribution in [2.45, 2.75) is 0 Å². The minimum absolute atomic E-state index is 0.194. The maximum atomic E-state index is 11.8. The molecule has 0 fully saturated rings. The SMILES string of the molecule is O=C(CNC(=O)c1ccc(Cl)cc1)N/N=C/c1ccc(Br)o1. The van der Waals surface area contributed by atoms with Crippen LogP contribution in [0, 0.1) is 0 Å². The zero-order chi connectivity index (χ0) is 15.9. The number of nitrogens with zero attached hydrogens (tertiary/aromatic N) is 1. The highest BCUT2D eigenvalue weighted by molar-refractivity contribution is 9.10. The lowest BCUT2D eigenvalue weighted by Crippen LogP contribution is -2.34. The molecule has 0 aliphatic heterocycles. The molecule has 0 radical (unpaired) electrons. The van der Waals surface area contributed by atoms with Crippen LogP contribution in [-0.4, -0.2) is 24.6 Å². The van der Waals surface area contributed by atoms with E-state index in [2.05, 4.69) is 31.8 Å². The van der Waals surface area contributed by atoms with Gasteiger partial charge >= 0.3 is 0 Å². The molecule has 0 spiro atoms. The zero-order valence-corrected chi connectivity index (χ0v) is 13.5. The van der Waals surface area contributed by atoms with Crippen molar-refractivity contribution >= 4 is 45.6 Å². The largest absolute Gasteiger partial charge is 0.448 e. The summed E-state index contributed by atoms with van der Waals surface area (Å²) < 4.78 is 5.73. The lowest BCUT2D eigenvalue weighted by Gasteiger charge is -2.04. The van der Waals surface area contributed by atoms with E-state index in [-0.39, 0.29) is 12.5 Å². The van der Waals surface area contributed by atoms with Crippen LogP contribution < -0.4 is 10.7 Å². The van der Waals surface area contributed by atoms with Gasteiger partial charge in [-0.3, -0.25) is 9.59 Å². The lowest BCUT2D eigenvalue weighted by molar-refractivity contribution is -0.120. The fraction of sp³-hybridized carbons (Fsp3) is 0.0714. The van der Waals surface area contributed by atoms with E-state index in [1.54, 1.807) is 36.4 Å². The summed E-state index contributed by atoms with van der Waals surface area (Å²) in [6, 6.07) is 9.73. The molecule has 0 aliphatic rings. The van der Waals surface area contributed by atoms with E-state index in [9.17, 15) is 9.59 Å². The number of carbonyl (C=O) groups is 2. The molecule has 2 aromatic rings. The van der Waals surface area contributed by atoms with Gasteiger partial charge in [0.05, 0.1) is 12.8 Å². The number of carbonyl (C=O) groups excluding carboxylic acids is 2. The van der Waals surface area contributed by atoms with Gasteiger partial charge in [-0.2, -0.15) is 5.10 Å². The molecule has 6 nitrogen and oxygen atoms in total. The van der Waals surface area contributed by atoms with Gasteiger partial charge < -0.3 is 9.73 Å². The van der Waals surface area contributed by atoms with Crippen molar-refractivity contribution in [3.05, 3.63) is 57.4 Å². The number of rotatable bonds is 5. The molecule has 8 heteroatoms. The molecule has 0 bridgehead atoms. The van der Waals surface area contributed by atoms with E-state index >= 15 is 0 Å². The molecule has 2 rings (SSSR count). The molecule has 114 valence electrons. The summed E-state index contributed by atoms with van der Waals surface area (Å²) in [5, 5.41) is 6.72. The Morgan fingerprint density at radius 3 is 2.59 bits per heavy atom. The summed E-state index contributed by atoms with van der Waals surface area (Å²) in [7, 11) is 0. The molecular weight excluding hydrogens is 374 g/mol. The molecule has 1 heterocycles. The van der Waals surface area contributed by atoms with E-state index < -0.39 is 5.91 Å². The van der Waals surface area contributed by atoms with E-state index in [4.69, 9.17) is 16.0 Å². The van der Waals surface area contributed by atoms with Crippen molar-refractivity contribution in [3.63, 3.8) is 0 Å². The molecule has 0 saturated heterocycles. The van der Waals surface area contributed by atoms with Gasteiger partial charge in [0.25, 0.3) is 11.8 Å². The predicted molar refractivity (Wildman–Crippen MR) is 85.9 cm³/mol. The average molecular weight is 385 g/mol. The number of hydrogen-bond acceptors (Lipinski definition) is 4. The normalized spacial score (nSPS) is 10.6. The van der Waals surface area contributed by atoms with Crippen LogP contribution in [0.1, 0.15) is 16.1 Å².